The highest BCUT2D eigenvalue weighted by Crippen LogP contribution is 2.27. The molecule has 3 N–H and O–H groups in total. The van der Waals surface area contributed by atoms with E-state index in [1.807, 2.05) is 46.5 Å². The quantitative estimate of drug-likeness (QED) is 0.127. The highest BCUT2D eigenvalue weighted by molar-refractivity contribution is 14.1. The number of thiophene rings is 1. The minimum atomic E-state index is -4.35. The standard InChI is InChI=1S/C24H22IN3O5S2/c25-14-18-4-1-3-17(11-18)13-23(29)26-20(21-15-33-24(27-21)22-5-2-10-34-22)12-16-6-8-19(9-7-16)28-35(30,31)32/h1-11,15,20,28H,12-14H2,(H,26,29)(H,30,31,32)/t20-/m0/s1. The molecular weight excluding hydrogens is 601 g/mol. The van der Waals surface area contributed by atoms with E-state index in [9.17, 15) is 13.2 Å². The molecule has 2 aromatic carbocycles. The average Bonchev–Trinajstić information content (AvgIpc) is 3.51. The fraction of sp³-hybridized carbons (Fsp3) is 0.167. The third-order valence-electron chi connectivity index (χ3n) is 5.10. The van der Waals surface area contributed by atoms with Gasteiger partial charge in [-0.05, 0) is 46.7 Å². The van der Waals surface area contributed by atoms with Gasteiger partial charge in [-0.2, -0.15) is 8.42 Å². The van der Waals surface area contributed by atoms with Crippen LogP contribution >= 0.6 is 33.9 Å². The number of aromatic nitrogens is 1. The van der Waals surface area contributed by atoms with Crippen molar-refractivity contribution in [1.29, 1.82) is 0 Å². The topological polar surface area (TPSA) is 122 Å². The van der Waals surface area contributed by atoms with E-state index in [4.69, 9.17) is 8.97 Å². The lowest BCUT2D eigenvalue weighted by Gasteiger charge is -2.17. The number of anilines is 1. The molecule has 8 nitrogen and oxygen atoms in total. The van der Waals surface area contributed by atoms with Crippen molar-refractivity contribution in [2.24, 2.45) is 0 Å². The molecule has 0 unspecified atom stereocenters. The van der Waals surface area contributed by atoms with Crippen molar-refractivity contribution in [2.45, 2.75) is 23.3 Å². The Morgan fingerprint density at radius 3 is 2.54 bits per heavy atom. The van der Waals surface area contributed by atoms with Crippen molar-refractivity contribution in [3.63, 3.8) is 0 Å². The molecule has 182 valence electrons. The van der Waals surface area contributed by atoms with Crippen molar-refractivity contribution in [3.8, 4) is 10.8 Å². The van der Waals surface area contributed by atoms with Crippen molar-refractivity contribution < 1.29 is 22.2 Å². The van der Waals surface area contributed by atoms with Crippen molar-refractivity contribution in [3.05, 3.63) is 94.7 Å². The summed E-state index contributed by atoms with van der Waals surface area (Å²) in [7, 11) is -4.35. The lowest BCUT2D eigenvalue weighted by Crippen LogP contribution is -2.31. The Hall–Kier alpha value is -2.74. The summed E-state index contributed by atoms with van der Waals surface area (Å²) in [6.07, 6.45) is 2.18. The monoisotopic (exact) mass is 623 g/mol. The first-order chi connectivity index (χ1) is 16.8. The molecule has 11 heteroatoms. The van der Waals surface area contributed by atoms with Crippen LogP contribution in [0.5, 0.6) is 0 Å². The third-order valence-corrected chi connectivity index (χ3v) is 7.33. The summed E-state index contributed by atoms with van der Waals surface area (Å²) in [6, 6.07) is 17.8. The maximum atomic E-state index is 13.0. The number of oxazole rings is 1. The molecular formula is C24H22IN3O5S2. The Morgan fingerprint density at radius 1 is 1.09 bits per heavy atom. The number of rotatable bonds is 10. The molecule has 4 aromatic rings. The predicted molar refractivity (Wildman–Crippen MR) is 144 cm³/mol. The number of hydrogen-bond donors (Lipinski definition) is 3. The second-order valence-corrected chi connectivity index (χ2v) is 10.6. The molecule has 4 rings (SSSR count). The minimum Gasteiger partial charge on any atom is -0.443 e. The second-order valence-electron chi connectivity index (χ2n) is 7.78. The molecule has 0 bridgehead atoms. The first-order valence-electron chi connectivity index (χ1n) is 10.6. The molecule has 2 heterocycles. The van der Waals surface area contributed by atoms with Gasteiger partial charge in [0.1, 0.15) is 12.0 Å². The first-order valence-corrected chi connectivity index (χ1v) is 14.4. The van der Waals surface area contributed by atoms with Crippen LogP contribution in [0.4, 0.5) is 5.69 Å². The number of halogens is 1. The van der Waals surface area contributed by atoms with Gasteiger partial charge in [0.05, 0.1) is 23.0 Å². The van der Waals surface area contributed by atoms with Crippen LogP contribution in [-0.4, -0.2) is 23.9 Å². The van der Waals surface area contributed by atoms with E-state index in [0.29, 0.717) is 18.0 Å². The van der Waals surface area contributed by atoms with Crippen LogP contribution in [0.1, 0.15) is 28.4 Å². The Morgan fingerprint density at radius 2 is 1.86 bits per heavy atom. The summed E-state index contributed by atoms with van der Waals surface area (Å²) < 4.78 is 39.6. The zero-order valence-electron chi connectivity index (χ0n) is 18.3. The van der Waals surface area contributed by atoms with Crippen molar-refractivity contribution in [1.82, 2.24) is 10.3 Å². The van der Waals surface area contributed by atoms with Crippen LogP contribution in [0, 0.1) is 0 Å². The molecule has 0 saturated carbocycles. The van der Waals surface area contributed by atoms with Crippen LogP contribution in [0.2, 0.25) is 0 Å². The van der Waals surface area contributed by atoms with Gasteiger partial charge in [0.15, 0.2) is 0 Å². The molecule has 35 heavy (non-hydrogen) atoms. The molecule has 0 saturated heterocycles. The van der Waals surface area contributed by atoms with E-state index in [-0.39, 0.29) is 18.0 Å². The zero-order valence-corrected chi connectivity index (χ0v) is 22.1. The molecule has 1 atom stereocenters. The summed E-state index contributed by atoms with van der Waals surface area (Å²) in [5.41, 5.74) is 3.73. The van der Waals surface area contributed by atoms with Gasteiger partial charge in [-0.1, -0.05) is 65.1 Å². The maximum Gasteiger partial charge on any atom is 0.357 e. The van der Waals surface area contributed by atoms with Crippen LogP contribution in [0.25, 0.3) is 10.8 Å². The Labute approximate surface area is 220 Å². The van der Waals surface area contributed by atoms with Crippen molar-refractivity contribution >= 4 is 55.8 Å². The Kier molecular flexibility index (Phi) is 8.21. The van der Waals surface area contributed by atoms with Crippen molar-refractivity contribution in [2.75, 3.05) is 4.72 Å². The van der Waals surface area contributed by atoms with E-state index in [0.717, 1.165) is 26.0 Å². The first kappa shape index (κ1) is 25.4. The SMILES string of the molecule is O=C(Cc1cccc(CI)c1)N[C@@H](Cc1ccc(NS(=O)(=O)O)cc1)c1coc(-c2cccs2)n1. The van der Waals surface area contributed by atoms with E-state index >= 15 is 0 Å². The summed E-state index contributed by atoms with van der Waals surface area (Å²) in [6.45, 7) is 0. The summed E-state index contributed by atoms with van der Waals surface area (Å²) in [5, 5.41) is 5.00. The van der Waals surface area contributed by atoms with Crippen LogP contribution in [0.15, 0.2) is 76.7 Å². The van der Waals surface area contributed by atoms with Gasteiger partial charge >= 0.3 is 10.3 Å². The highest BCUT2D eigenvalue weighted by Gasteiger charge is 2.21. The molecule has 2 aromatic heterocycles. The lowest BCUT2D eigenvalue weighted by molar-refractivity contribution is -0.121. The van der Waals surface area contributed by atoms with Gasteiger partial charge in [0.2, 0.25) is 11.8 Å². The third kappa shape index (κ3) is 7.37. The number of amides is 1. The molecule has 0 fully saturated rings. The van der Waals surface area contributed by atoms with Gasteiger partial charge in [0, 0.05) is 4.43 Å². The van der Waals surface area contributed by atoms with E-state index in [1.54, 1.807) is 18.4 Å². The van der Waals surface area contributed by atoms with Crippen LogP contribution in [0.3, 0.4) is 0 Å². The van der Waals surface area contributed by atoms with Gasteiger partial charge in [-0.3, -0.25) is 14.1 Å². The Balaban J connectivity index is 1.54. The van der Waals surface area contributed by atoms with Gasteiger partial charge < -0.3 is 9.73 Å². The lowest BCUT2D eigenvalue weighted by atomic mass is 10.0. The molecule has 0 spiro atoms. The highest BCUT2D eigenvalue weighted by atomic mass is 127. The number of nitrogens with zero attached hydrogens (tertiary/aromatic N) is 1. The minimum absolute atomic E-state index is 0.147. The predicted octanol–water partition coefficient (Wildman–Crippen LogP) is 5.20. The second kappa shape index (κ2) is 11.3. The summed E-state index contributed by atoms with van der Waals surface area (Å²) in [4.78, 5) is 18.5. The maximum absolute atomic E-state index is 13.0. The molecule has 0 aliphatic heterocycles. The van der Waals surface area contributed by atoms with E-state index < -0.39 is 16.3 Å². The fourth-order valence-corrected chi connectivity index (χ4v) is 5.10. The van der Waals surface area contributed by atoms with Crippen LogP contribution in [-0.2, 0) is 32.4 Å². The van der Waals surface area contributed by atoms with Crippen LogP contribution < -0.4 is 10.0 Å². The number of carbonyl (C=O) groups excluding carboxylic acids is 1. The molecule has 1 amide bonds. The van der Waals surface area contributed by atoms with E-state index in [2.05, 4.69) is 32.9 Å². The molecule has 0 radical (unpaired) electrons. The van der Waals surface area contributed by atoms with Gasteiger partial charge in [-0.25, -0.2) is 4.98 Å². The Bertz CT molecular complexity index is 1390. The number of alkyl halides is 1. The van der Waals surface area contributed by atoms with Gasteiger partial charge in [0.25, 0.3) is 0 Å². The largest absolute Gasteiger partial charge is 0.443 e. The smallest absolute Gasteiger partial charge is 0.357 e. The average molecular weight is 623 g/mol. The number of hydrogen-bond acceptors (Lipinski definition) is 6. The number of nitrogens with one attached hydrogen (secondary N) is 2. The number of benzene rings is 2. The normalized spacial score (nSPS) is 12.3. The molecule has 0 aliphatic carbocycles. The summed E-state index contributed by atoms with van der Waals surface area (Å²) in [5.74, 6) is 0.336. The zero-order chi connectivity index (χ0) is 24.8. The van der Waals surface area contributed by atoms with E-state index in [1.165, 1.54) is 23.5 Å². The number of carbonyl (C=O) groups is 1. The van der Waals surface area contributed by atoms with Gasteiger partial charge in [-0.15, -0.1) is 11.3 Å². The summed E-state index contributed by atoms with van der Waals surface area (Å²) >= 11 is 3.80. The molecule has 0 aliphatic rings. The fourth-order valence-electron chi connectivity index (χ4n) is 3.54.